The molecule has 0 saturated heterocycles. The molecule has 1 heterocycles. The summed E-state index contributed by atoms with van der Waals surface area (Å²) in [5, 5.41) is 48.4. The van der Waals surface area contributed by atoms with Crippen LogP contribution in [0.1, 0.15) is 25.1 Å². The van der Waals surface area contributed by atoms with E-state index < -0.39 is 12.2 Å². The van der Waals surface area contributed by atoms with Gasteiger partial charge in [-0.3, -0.25) is 0 Å². The second-order valence-corrected chi connectivity index (χ2v) is 7.53. The number of aliphatic hydroxyl groups is 2. The lowest BCUT2D eigenvalue weighted by Crippen LogP contribution is -2.17. The van der Waals surface area contributed by atoms with E-state index in [0.717, 1.165) is 11.4 Å². The molecule has 2 atom stereocenters. The van der Waals surface area contributed by atoms with Crippen LogP contribution in [0.3, 0.4) is 0 Å². The highest BCUT2D eigenvalue weighted by molar-refractivity contribution is 5.71. The van der Waals surface area contributed by atoms with Gasteiger partial charge < -0.3 is 20.8 Å². The molecule has 0 amide bonds. The number of nitrogens with one attached hydrogen (secondary N) is 2. The van der Waals surface area contributed by atoms with Crippen molar-refractivity contribution < 1.29 is 10.2 Å². The summed E-state index contributed by atoms with van der Waals surface area (Å²) >= 11 is 0. The summed E-state index contributed by atoms with van der Waals surface area (Å²) < 4.78 is 1.60. The average molecular weight is 434 g/mol. The Bertz CT molecular complexity index is 1120. The minimum atomic E-state index is -0.554. The van der Waals surface area contributed by atoms with E-state index in [2.05, 4.69) is 32.0 Å². The predicted octanol–water partition coefficient (Wildman–Crippen LogP) is 4.05. The number of aliphatic hydroxyl groups excluding tert-OH is 2. The van der Waals surface area contributed by atoms with Gasteiger partial charge in [-0.2, -0.15) is 10.4 Å². The zero-order valence-electron chi connectivity index (χ0n) is 18.3. The maximum absolute atomic E-state index is 9.68. The van der Waals surface area contributed by atoms with Gasteiger partial charge >= 0.3 is 0 Å². The molecule has 0 spiro atoms. The van der Waals surface area contributed by atoms with Crippen molar-refractivity contribution in [3.63, 3.8) is 0 Å². The van der Waals surface area contributed by atoms with E-state index >= 15 is 0 Å². The molecule has 0 aliphatic rings. The number of anilines is 2. The van der Waals surface area contributed by atoms with Gasteiger partial charge in [-0.15, -0.1) is 10.2 Å². The average Bonchev–Trinajstić information content (AvgIpc) is 3.11. The molecular formula is C23H27N7O2. The van der Waals surface area contributed by atoms with Gasteiger partial charge in [0.1, 0.15) is 17.3 Å². The molecule has 2 unspecified atom stereocenters. The zero-order chi connectivity index (χ0) is 23.1. The van der Waals surface area contributed by atoms with E-state index in [0.29, 0.717) is 41.5 Å². The molecule has 0 aliphatic heterocycles. The highest BCUT2D eigenvalue weighted by atomic mass is 16.3. The molecule has 1 aromatic heterocycles. The summed E-state index contributed by atoms with van der Waals surface area (Å²) in [4.78, 5) is 0. The lowest BCUT2D eigenvalue weighted by molar-refractivity contribution is 0.208. The second kappa shape index (κ2) is 10.5. The molecule has 0 bridgehead atoms. The third kappa shape index (κ3) is 5.69. The van der Waals surface area contributed by atoms with Crippen LogP contribution in [0.25, 0.3) is 5.69 Å². The van der Waals surface area contributed by atoms with Crippen LogP contribution in [0.4, 0.5) is 22.9 Å². The van der Waals surface area contributed by atoms with E-state index in [1.807, 2.05) is 42.5 Å². The topological polar surface area (TPSA) is 131 Å². The predicted molar refractivity (Wildman–Crippen MR) is 124 cm³/mol. The highest BCUT2D eigenvalue weighted by Crippen LogP contribution is 2.32. The number of aromatic nitrogens is 2. The molecule has 0 fully saturated rings. The fourth-order valence-corrected chi connectivity index (χ4v) is 2.99. The van der Waals surface area contributed by atoms with Gasteiger partial charge in [0.05, 0.1) is 29.3 Å². The van der Waals surface area contributed by atoms with Crippen molar-refractivity contribution in [3.8, 4) is 11.8 Å². The van der Waals surface area contributed by atoms with Gasteiger partial charge in [0.15, 0.2) is 5.82 Å². The lowest BCUT2D eigenvalue weighted by Gasteiger charge is -2.14. The third-order valence-corrected chi connectivity index (χ3v) is 4.59. The molecular weight excluding hydrogens is 406 g/mol. The Kier molecular flexibility index (Phi) is 7.54. The van der Waals surface area contributed by atoms with Crippen molar-refractivity contribution in [2.24, 2.45) is 10.2 Å². The second-order valence-electron chi connectivity index (χ2n) is 7.53. The van der Waals surface area contributed by atoms with Crippen molar-refractivity contribution in [2.75, 3.05) is 23.7 Å². The molecule has 166 valence electrons. The van der Waals surface area contributed by atoms with E-state index in [1.165, 1.54) is 0 Å². The maximum atomic E-state index is 9.68. The monoisotopic (exact) mass is 433 g/mol. The number of nitriles is 1. The van der Waals surface area contributed by atoms with Gasteiger partial charge in [-0.25, -0.2) is 4.68 Å². The summed E-state index contributed by atoms with van der Waals surface area (Å²) in [6.07, 6.45) is -1.05. The Morgan fingerprint density at radius 2 is 1.72 bits per heavy atom. The van der Waals surface area contributed by atoms with E-state index in [4.69, 9.17) is 0 Å². The summed E-state index contributed by atoms with van der Waals surface area (Å²) in [7, 11) is 0. The fraction of sp³-hybridized carbons (Fsp3) is 0.304. The first-order valence-electron chi connectivity index (χ1n) is 10.3. The van der Waals surface area contributed by atoms with Crippen LogP contribution >= 0.6 is 0 Å². The maximum Gasteiger partial charge on any atom is 0.196 e. The number of nitrogens with zero attached hydrogens (tertiary/aromatic N) is 5. The Hall–Kier alpha value is -3.74. The number of para-hydroxylation sites is 1. The van der Waals surface area contributed by atoms with Crippen molar-refractivity contribution in [1.82, 2.24) is 9.78 Å². The summed E-state index contributed by atoms with van der Waals surface area (Å²) in [6, 6.07) is 17.0. The zero-order valence-corrected chi connectivity index (χ0v) is 18.3. The number of rotatable bonds is 9. The first-order chi connectivity index (χ1) is 15.4. The van der Waals surface area contributed by atoms with Gasteiger partial charge in [0.25, 0.3) is 0 Å². The van der Waals surface area contributed by atoms with Gasteiger partial charge in [0, 0.05) is 18.8 Å². The minimum Gasteiger partial charge on any atom is -0.392 e. The van der Waals surface area contributed by atoms with Crippen molar-refractivity contribution in [1.29, 1.82) is 5.26 Å². The Balaban J connectivity index is 1.99. The quantitative estimate of drug-likeness (QED) is 0.377. The Labute approximate surface area is 187 Å². The van der Waals surface area contributed by atoms with Crippen LogP contribution in [0.15, 0.2) is 58.8 Å². The minimum absolute atomic E-state index is 0.326. The number of hydrogen-bond acceptors (Lipinski definition) is 8. The molecule has 4 N–H and O–H groups in total. The van der Waals surface area contributed by atoms with E-state index in [1.54, 1.807) is 31.5 Å². The van der Waals surface area contributed by atoms with Crippen molar-refractivity contribution in [3.05, 3.63) is 59.8 Å². The largest absolute Gasteiger partial charge is 0.392 e. The third-order valence-electron chi connectivity index (χ3n) is 4.59. The molecule has 0 radical (unpaired) electrons. The van der Waals surface area contributed by atoms with Crippen LogP contribution < -0.4 is 10.6 Å². The van der Waals surface area contributed by atoms with Crippen LogP contribution in [-0.2, 0) is 0 Å². The summed E-state index contributed by atoms with van der Waals surface area (Å²) in [6.45, 7) is 5.87. The van der Waals surface area contributed by atoms with Gasteiger partial charge in [-0.05, 0) is 51.1 Å². The number of aryl methyl sites for hydroxylation is 1. The van der Waals surface area contributed by atoms with Crippen LogP contribution in [0.2, 0.25) is 0 Å². The molecule has 0 aliphatic carbocycles. The molecule has 0 saturated carbocycles. The molecule has 2 aromatic carbocycles. The Morgan fingerprint density at radius 3 is 2.38 bits per heavy atom. The number of hydrogen-bond donors (Lipinski definition) is 4. The molecule has 3 aromatic rings. The van der Waals surface area contributed by atoms with Crippen molar-refractivity contribution in [2.45, 2.75) is 33.0 Å². The van der Waals surface area contributed by atoms with Crippen LogP contribution in [0.5, 0.6) is 0 Å². The Morgan fingerprint density at radius 1 is 1.03 bits per heavy atom. The lowest BCUT2D eigenvalue weighted by atomic mass is 10.2. The molecule has 32 heavy (non-hydrogen) atoms. The SMILES string of the molecule is Cc1nn(-c2ccccc2)c(N=Nc2ccc(NCC(C)O)cc2NCC(C)O)c1C#N. The van der Waals surface area contributed by atoms with Gasteiger partial charge in [-0.1, -0.05) is 18.2 Å². The number of benzene rings is 2. The molecule has 3 rings (SSSR count). The fourth-order valence-electron chi connectivity index (χ4n) is 2.99. The van der Waals surface area contributed by atoms with Crippen LogP contribution in [-0.4, -0.2) is 45.3 Å². The molecule has 9 nitrogen and oxygen atoms in total. The normalized spacial score (nSPS) is 13.0. The van der Waals surface area contributed by atoms with Gasteiger partial charge in [0.2, 0.25) is 0 Å². The highest BCUT2D eigenvalue weighted by Gasteiger charge is 2.16. The van der Waals surface area contributed by atoms with Crippen molar-refractivity contribution >= 4 is 22.9 Å². The molecule has 9 heteroatoms. The number of azo groups is 1. The van der Waals surface area contributed by atoms with E-state index in [-0.39, 0.29) is 0 Å². The smallest absolute Gasteiger partial charge is 0.196 e. The summed E-state index contributed by atoms with van der Waals surface area (Å²) in [5.74, 6) is 0.342. The first kappa shape index (κ1) is 22.9. The first-order valence-corrected chi connectivity index (χ1v) is 10.3. The summed E-state index contributed by atoms with van der Waals surface area (Å²) in [5.41, 5.74) is 3.68. The van der Waals surface area contributed by atoms with Crippen LogP contribution in [0, 0.1) is 18.3 Å². The van der Waals surface area contributed by atoms with E-state index in [9.17, 15) is 15.5 Å². The standard InChI is InChI=1S/C23H27N7O2/c1-15(31)13-25-18-9-10-21(22(11-18)26-14-16(2)32)27-28-23-20(12-24)17(3)29-30(23)19-7-5-4-6-8-19/h4-11,15-16,25-26,31-32H,13-14H2,1-3H3.